The number of rotatable bonds is 4. The van der Waals surface area contributed by atoms with E-state index in [1.165, 1.54) is 32.2 Å². The summed E-state index contributed by atoms with van der Waals surface area (Å²) in [6.07, 6.45) is 0. The van der Waals surface area contributed by atoms with Gasteiger partial charge in [-0.15, -0.1) is 0 Å². The van der Waals surface area contributed by atoms with Crippen LogP contribution in [0.15, 0.2) is 18.2 Å². The zero-order valence-electron chi connectivity index (χ0n) is 12.6. The van der Waals surface area contributed by atoms with Gasteiger partial charge in [0.1, 0.15) is 17.6 Å². The molecule has 0 saturated carbocycles. The number of amides is 1. The fourth-order valence-corrected chi connectivity index (χ4v) is 2.69. The number of aliphatic carboxylic acids is 1. The maximum atomic E-state index is 13.3. The molecule has 0 aromatic heterocycles. The quantitative estimate of drug-likeness (QED) is 0.902. The first-order valence-electron chi connectivity index (χ1n) is 7.00. The molecule has 6 nitrogen and oxygen atoms in total. The molecule has 1 aliphatic rings. The van der Waals surface area contributed by atoms with Crippen LogP contribution in [0.1, 0.15) is 18.5 Å². The highest BCUT2D eigenvalue weighted by molar-refractivity contribution is 5.77. The van der Waals surface area contributed by atoms with Gasteiger partial charge in [-0.2, -0.15) is 0 Å². The van der Waals surface area contributed by atoms with Crippen LogP contribution in [-0.2, 0) is 9.59 Å². The number of piperazine rings is 1. The average Bonchev–Trinajstić information content (AvgIpc) is 2.49. The van der Waals surface area contributed by atoms with E-state index in [1.807, 2.05) is 0 Å². The molecule has 120 valence electrons. The van der Waals surface area contributed by atoms with Gasteiger partial charge in [0.25, 0.3) is 0 Å². The molecule has 1 aliphatic heterocycles. The van der Waals surface area contributed by atoms with Gasteiger partial charge in [-0.1, -0.05) is 6.07 Å². The van der Waals surface area contributed by atoms with Crippen molar-refractivity contribution in [2.75, 3.05) is 33.3 Å². The number of carbonyl (C=O) groups excluding carboxylic acids is 1. The minimum Gasteiger partial charge on any atom is -0.496 e. The summed E-state index contributed by atoms with van der Waals surface area (Å²) in [5, 5.41) is 9.57. The number of halogens is 1. The monoisotopic (exact) mass is 310 g/mol. The number of hydrogen-bond donors (Lipinski definition) is 1. The third-order valence-electron chi connectivity index (χ3n) is 3.85. The summed E-state index contributed by atoms with van der Waals surface area (Å²) < 4.78 is 18.4. The number of carboxylic acids is 1. The van der Waals surface area contributed by atoms with Gasteiger partial charge in [-0.25, -0.2) is 4.39 Å². The number of hydrogen-bond acceptors (Lipinski definition) is 4. The smallest absolute Gasteiger partial charge is 0.325 e. The van der Waals surface area contributed by atoms with Crippen LogP contribution in [0.2, 0.25) is 0 Å². The Hall–Kier alpha value is -2.15. The lowest BCUT2D eigenvalue weighted by molar-refractivity contribution is -0.145. The molecule has 1 amide bonds. The minimum atomic E-state index is -1.03. The van der Waals surface area contributed by atoms with Gasteiger partial charge in [0.2, 0.25) is 5.91 Å². The van der Waals surface area contributed by atoms with Gasteiger partial charge in [0.05, 0.1) is 7.11 Å². The average molecular weight is 310 g/mol. The first kappa shape index (κ1) is 16.2. The molecule has 0 unspecified atom stereocenters. The van der Waals surface area contributed by atoms with Gasteiger partial charge in [-0.05, 0) is 6.07 Å². The van der Waals surface area contributed by atoms with Crippen LogP contribution in [0.25, 0.3) is 0 Å². The minimum absolute atomic E-state index is 0.0223. The Kier molecular flexibility index (Phi) is 4.97. The predicted molar refractivity (Wildman–Crippen MR) is 77.2 cm³/mol. The predicted octanol–water partition coefficient (Wildman–Crippen LogP) is 1.12. The molecule has 7 heteroatoms. The van der Waals surface area contributed by atoms with Gasteiger partial charge < -0.3 is 14.7 Å². The third-order valence-corrected chi connectivity index (χ3v) is 3.85. The largest absolute Gasteiger partial charge is 0.496 e. The van der Waals surface area contributed by atoms with Gasteiger partial charge >= 0.3 is 5.97 Å². The summed E-state index contributed by atoms with van der Waals surface area (Å²) in [5.74, 6) is -1.32. The zero-order chi connectivity index (χ0) is 16.3. The molecule has 1 saturated heterocycles. The molecule has 0 bridgehead atoms. The maximum absolute atomic E-state index is 13.3. The highest BCUT2D eigenvalue weighted by Gasteiger charge is 2.32. The molecule has 0 spiro atoms. The van der Waals surface area contributed by atoms with Crippen LogP contribution in [0, 0.1) is 5.82 Å². The molecule has 0 aliphatic carbocycles. The highest BCUT2D eigenvalue weighted by atomic mass is 19.1. The van der Waals surface area contributed by atoms with E-state index in [0.717, 1.165) is 0 Å². The summed E-state index contributed by atoms with van der Waals surface area (Å²) in [6.45, 7) is 3.33. The van der Waals surface area contributed by atoms with Crippen LogP contribution in [-0.4, -0.2) is 60.1 Å². The Morgan fingerprint density at radius 1 is 1.27 bits per heavy atom. The summed E-state index contributed by atoms with van der Waals surface area (Å²) in [7, 11) is 1.38. The molecule has 1 atom stereocenters. The second kappa shape index (κ2) is 6.74. The Morgan fingerprint density at radius 2 is 1.91 bits per heavy atom. The molecular weight excluding hydrogens is 291 g/mol. The van der Waals surface area contributed by atoms with Crippen LogP contribution < -0.4 is 4.74 Å². The van der Waals surface area contributed by atoms with Crippen LogP contribution in [0.3, 0.4) is 0 Å². The van der Waals surface area contributed by atoms with Crippen molar-refractivity contribution in [2.45, 2.75) is 13.0 Å². The first-order chi connectivity index (χ1) is 10.4. The SMILES string of the molecule is COc1cc(F)ccc1[C@@H](C(=O)O)N1CCN(C(C)=O)CC1. The molecule has 1 aromatic carbocycles. The lowest BCUT2D eigenvalue weighted by Crippen LogP contribution is -2.50. The number of benzene rings is 1. The number of carboxylic acid groups (broad SMARTS) is 1. The van der Waals surface area contributed by atoms with Crippen LogP contribution in [0.5, 0.6) is 5.75 Å². The van der Waals surface area contributed by atoms with E-state index < -0.39 is 17.8 Å². The molecule has 1 aromatic rings. The molecule has 1 fully saturated rings. The van der Waals surface area contributed by atoms with E-state index >= 15 is 0 Å². The second-order valence-corrected chi connectivity index (χ2v) is 5.17. The molecule has 22 heavy (non-hydrogen) atoms. The van der Waals surface area contributed by atoms with E-state index in [4.69, 9.17) is 4.74 Å². The highest BCUT2D eigenvalue weighted by Crippen LogP contribution is 2.31. The second-order valence-electron chi connectivity index (χ2n) is 5.17. The maximum Gasteiger partial charge on any atom is 0.325 e. The van der Waals surface area contributed by atoms with Gasteiger partial charge in [-0.3, -0.25) is 14.5 Å². The van der Waals surface area contributed by atoms with E-state index in [0.29, 0.717) is 31.7 Å². The van der Waals surface area contributed by atoms with Crippen molar-refractivity contribution in [3.63, 3.8) is 0 Å². The van der Waals surface area contributed by atoms with E-state index in [2.05, 4.69) is 0 Å². The van der Waals surface area contributed by atoms with E-state index in [1.54, 1.807) is 9.80 Å². The lowest BCUT2D eigenvalue weighted by atomic mass is 10.0. The van der Waals surface area contributed by atoms with Crippen molar-refractivity contribution in [3.05, 3.63) is 29.6 Å². The lowest BCUT2D eigenvalue weighted by Gasteiger charge is -2.37. The van der Waals surface area contributed by atoms with E-state index in [-0.39, 0.29) is 11.7 Å². The first-order valence-corrected chi connectivity index (χ1v) is 7.00. The Bertz CT molecular complexity index is 571. The third kappa shape index (κ3) is 3.36. The fraction of sp³-hybridized carbons (Fsp3) is 0.467. The number of ether oxygens (including phenoxy) is 1. The Morgan fingerprint density at radius 3 is 2.41 bits per heavy atom. The number of methoxy groups -OCH3 is 1. The van der Waals surface area contributed by atoms with Crippen molar-refractivity contribution in [1.29, 1.82) is 0 Å². The van der Waals surface area contributed by atoms with Gasteiger partial charge in [0.15, 0.2) is 0 Å². The molecule has 2 rings (SSSR count). The van der Waals surface area contributed by atoms with Crippen LogP contribution in [0.4, 0.5) is 4.39 Å². The van der Waals surface area contributed by atoms with E-state index in [9.17, 15) is 19.1 Å². The summed E-state index contributed by atoms with van der Waals surface area (Å²) in [5.41, 5.74) is 0.410. The number of carbonyl (C=O) groups is 2. The Labute approximate surface area is 128 Å². The summed E-state index contributed by atoms with van der Waals surface area (Å²) in [4.78, 5) is 26.5. The van der Waals surface area contributed by atoms with Crippen molar-refractivity contribution in [2.24, 2.45) is 0 Å². The van der Waals surface area contributed by atoms with Crippen molar-refractivity contribution >= 4 is 11.9 Å². The molecule has 1 heterocycles. The van der Waals surface area contributed by atoms with Crippen LogP contribution >= 0.6 is 0 Å². The topological polar surface area (TPSA) is 70.1 Å². The molecular formula is C15H19FN2O4. The van der Waals surface area contributed by atoms with Crippen molar-refractivity contribution < 1.29 is 23.8 Å². The zero-order valence-corrected chi connectivity index (χ0v) is 12.6. The summed E-state index contributed by atoms with van der Waals surface area (Å²) in [6, 6.07) is 2.91. The Balaban J connectivity index is 2.25. The van der Waals surface area contributed by atoms with Crippen molar-refractivity contribution in [1.82, 2.24) is 9.80 Å². The van der Waals surface area contributed by atoms with Gasteiger partial charge in [0, 0.05) is 44.7 Å². The molecule has 0 radical (unpaired) electrons. The molecule has 1 N–H and O–H groups in total. The van der Waals surface area contributed by atoms with Crippen molar-refractivity contribution in [3.8, 4) is 5.75 Å². The normalized spacial score (nSPS) is 17.1. The number of nitrogens with zero attached hydrogens (tertiary/aromatic N) is 2. The summed E-state index contributed by atoms with van der Waals surface area (Å²) >= 11 is 0. The standard InChI is InChI=1S/C15H19FN2O4/c1-10(19)17-5-7-18(8-6-17)14(15(20)21)12-4-3-11(16)9-13(12)22-2/h3-4,9,14H,5-8H2,1-2H3,(H,20,21)/t14-/m0/s1. The fourth-order valence-electron chi connectivity index (χ4n) is 2.69.